The van der Waals surface area contributed by atoms with Crippen molar-refractivity contribution in [3.63, 3.8) is 0 Å². The summed E-state index contributed by atoms with van der Waals surface area (Å²) in [5, 5.41) is 0. The highest BCUT2D eigenvalue weighted by molar-refractivity contribution is 5.27. The van der Waals surface area contributed by atoms with Gasteiger partial charge in [-0.1, -0.05) is 38.8 Å². The smallest absolute Gasteiger partial charge is 0.0956 e. The molecule has 0 aromatic rings. The predicted molar refractivity (Wildman–Crippen MR) is 68.1 cm³/mol. The molecule has 1 saturated carbocycles. The van der Waals surface area contributed by atoms with Crippen LogP contribution in [0.25, 0.3) is 0 Å². The summed E-state index contributed by atoms with van der Waals surface area (Å²) in [6, 6.07) is 0. The van der Waals surface area contributed by atoms with E-state index >= 15 is 0 Å². The van der Waals surface area contributed by atoms with Gasteiger partial charge in [-0.15, -0.1) is 0 Å². The van der Waals surface area contributed by atoms with E-state index in [1.54, 1.807) is 12.7 Å². The van der Waals surface area contributed by atoms with Crippen LogP contribution in [0.4, 0.5) is 0 Å². The van der Waals surface area contributed by atoms with E-state index < -0.39 is 0 Å². The minimum absolute atomic E-state index is 0.406. The molecule has 1 atom stereocenters. The summed E-state index contributed by atoms with van der Waals surface area (Å²) in [5.41, 5.74) is 2.50. The number of hydrogen-bond donors (Lipinski definition) is 0. The first-order valence-electron chi connectivity index (χ1n) is 6.42. The van der Waals surface area contributed by atoms with Crippen LogP contribution in [0.2, 0.25) is 0 Å². The van der Waals surface area contributed by atoms with Crippen LogP contribution < -0.4 is 0 Å². The van der Waals surface area contributed by atoms with Gasteiger partial charge in [0.25, 0.3) is 0 Å². The van der Waals surface area contributed by atoms with E-state index in [0.29, 0.717) is 10.8 Å². The lowest BCUT2D eigenvalue weighted by molar-refractivity contribution is 0.172. The molecule has 16 heavy (non-hydrogen) atoms. The lowest BCUT2D eigenvalue weighted by Crippen LogP contribution is -2.32. The van der Waals surface area contributed by atoms with Gasteiger partial charge in [-0.2, -0.15) is 0 Å². The van der Waals surface area contributed by atoms with Gasteiger partial charge >= 0.3 is 0 Å². The van der Waals surface area contributed by atoms with Crippen LogP contribution in [0.15, 0.2) is 23.5 Å². The molecule has 0 aromatic carbocycles. The molecule has 1 heteroatoms. The van der Waals surface area contributed by atoms with E-state index in [1.807, 2.05) is 0 Å². The lowest BCUT2D eigenvalue weighted by Gasteiger charge is -2.41. The Kier molecular flexibility index (Phi) is 2.90. The molecule has 2 aliphatic carbocycles. The van der Waals surface area contributed by atoms with E-state index in [9.17, 15) is 0 Å². The van der Waals surface area contributed by atoms with Crippen LogP contribution in [0.1, 0.15) is 52.9 Å². The third-order valence-corrected chi connectivity index (χ3v) is 5.04. The molecule has 0 aliphatic heterocycles. The van der Waals surface area contributed by atoms with E-state index in [4.69, 9.17) is 4.74 Å². The molecule has 2 aliphatic rings. The van der Waals surface area contributed by atoms with Crippen LogP contribution in [0.3, 0.4) is 0 Å². The summed E-state index contributed by atoms with van der Waals surface area (Å²) in [6.07, 6.45) is 10.8. The molecule has 0 saturated heterocycles. The highest BCUT2D eigenvalue weighted by Crippen LogP contribution is 2.57. The minimum Gasteiger partial charge on any atom is -0.501 e. The molecule has 0 amide bonds. The number of hydrogen-bond acceptors (Lipinski definition) is 1. The van der Waals surface area contributed by atoms with Crippen LogP contribution >= 0.6 is 0 Å². The third kappa shape index (κ3) is 1.70. The molecule has 1 unspecified atom stereocenters. The predicted octanol–water partition coefficient (Wildman–Crippen LogP) is 4.45. The van der Waals surface area contributed by atoms with E-state index in [1.165, 1.54) is 19.3 Å². The second-order valence-electron chi connectivity index (χ2n) is 6.08. The number of ether oxygens (including phenoxy) is 1. The normalized spacial score (nSPS) is 33.2. The number of rotatable bonds is 2. The molecule has 0 N–H and O–H groups in total. The summed E-state index contributed by atoms with van der Waals surface area (Å²) in [6.45, 7) is 7.31. The number of allylic oxidation sites excluding steroid dienone is 3. The van der Waals surface area contributed by atoms with Gasteiger partial charge in [-0.05, 0) is 36.2 Å². The largest absolute Gasteiger partial charge is 0.501 e. The molecule has 1 fully saturated rings. The quantitative estimate of drug-likeness (QED) is 0.625. The molecule has 0 heterocycles. The van der Waals surface area contributed by atoms with Crippen molar-refractivity contribution in [2.24, 2.45) is 10.8 Å². The van der Waals surface area contributed by atoms with Gasteiger partial charge in [0, 0.05) is 6.42 Å². The van der Waals surface area contributed by atoms with Crippen molar-refractivity contribution in [2.75, 3.05) is 7.11 Å². The van der Waals surface area contributed by atoms with Gasteiger partial charge in [-0.25, -0.2) is 0 Å². The van der Waals surface area contributed by atoms with Crippen molar-refractivity contribution in [2.45, 2.75) is 52.9 Å². The third-order valence-electron chi connectivity index (χ3n) is 5.04. The zero-order valence-electron chi connectivity index (χ0n) is 11.1. The van der Waals surface area contributed by atoms with E-state index in [0.717, 1.165) is 18.6 Å². The first-order chi connectivity index (χ1) is 7.49. The fourth-order valence-electron chi connectivity index (χ4n) is 3.32. The Bertz CT molecular complexity index is 335. The Labute approximate surface area is 99.6 Å². The topological polar surface area (TPSA) is 9.23 Å². The molecule has 1 nitrogen and oxygen atoms in total. The number of methoxy groups -OCH3 is 1. The van der Waals surface area contributed by atoms with Gasteiger partial charge in [0.15, 0.2) is 0 Å². The van der Waals surface area contributed by atoms with E-state index in [-0.39, 0.29) is 0 Å². The molecule has 0 spiro atoms. The van der Waals surface area contributed by atoms with Crippen molar-refractivity contribution < 1.29 is 4.74 Å². The Morgan fingerprint density at radius 1 is 1.06 bits per heavy atom. The SMILES string of the molecule is COC1=CCC(C2(C)CCCC2(C)C)=CC1. The first-order valence-corrected chi connectivity index (χ1v) is 6.42. The Morgan fingerprint density at radius 3 is 2.25 bits per heavy atom. The maximum atomic E-state index is 5.30. The van der Waals surface area contributed by atoms with Crippen molar-refractivity contribution >= 4 is 0 Å². The zero-order chi connectivity index (χ0) is 11.8. The van der Waals surface area contributed by atoms with Crippen molar-refractivity contribution in [1.82, 2.24) is 0 Å². The molecule has 0 bridgehead atoms. The lowest BCUT2D eigenvalue weighted by atomic mass is 9.63. The van der Waals surface area contributed by atoms with E-state index in [2.05, 4.69) is 32.9 Å². The monoisotopic (exact) mass is 220 g/mol. The summed E-state index contributed by atoms with van der Waals surface area (Å²) >= 11 is 0. The molecule has 0 aromatic heterocycles. The van der Waals surface area contributed by atoms with Crippen molar-refractivity contribution in [3.05, 3.63) is 23.5 Å². The minimum atomic E-state index is 0.406. The maximum Gasteiger partial charge on any atom is 0.0956 e. The summed E-state index contributed by atoms with van der Waals surface area (Å²) in [7, 11) is 1.77. The fourth-order valence-corrected chi connectivity index (χ4v) is 3.32. The standard InChI is InChI=1S/C15H24O/c1-14(2)10-5-11-15(14,3)12-6-8-13(16-4)9-7-12/h6,9H,5,7-8,10-11H2,1-4H3. The summed E-state index contributed by atoms with van der Waals surface area (Å²) in [5.74, 6) is 1.13. The Balaban J connectivity index is 2.18. The summed E-state index contributed by atoms with van der Waals surface area (Å²) < 4.78 is 5.30. The Hall–Kier alpha value is -0.720. The van der Waals surface area contributed by atoms with Crippen LogP contribution in [0, 0.1) is 10.8 Å². The van der Waals surface area contributed by atoms with Gasteiger partial charge in [0.1, 0.15) is 0 Å². The van der Waals surface area contributed by atoms with Gasteiger partial charge < -0.3 is 4.74 Å². The average Bonchev–Trinajstić information content (AvgIpc) is 2.55. The second kappa shape index (κ2) is 3.94. The molecular weight excluding hydrogens is 196 g/mol. The first kappa shape index (κ1) is 11.8. The highest BCUT2D eigenvalue weighted by atomic mass is 16.5. The van der Waals surface area contributed by atoms with Gasteiger partial charge in [0.05, 0.1) is 12.9 Å². The van der Waals surface area contributed by atoms with Crippen LogP contribution in [0.5, 0.6) is 0 Å². The fraction of sp³-hybridized carbons (Fsp3) is 0.733. The van der Waals surface area contributed by atoms with Crippen LogP contribution in [-0.4, -0.2) is 7.11 Å². The van der Waals surface area contributed by atoms with Gasteiger partial charge in [-0.3, -0.25) is 0 Å². The van der Waals surface area contributed by atoms with Crippen molar-refractivity contribution in [3.8, 4) is 0 Å². The zero-order valence-corrected chi connectivity index (χ0v) is 11.1. The van der Waals surface area contributed by atoms with Crippen molar-refractivity contribution in [1.29, 1.82) is 0 Å². The molecular formula is C15H24O. The average molecular weight is 220 g/mol. The highest BCUT2D eigenvalue weighted by Gasteiger charge is 2.46. The summed E-state index contributed by atoms with van der Waals surface area (Å²) in [4.78, 5) is 0. The molecule has 2 rings (SSSR count). The second-order valence-corrected chi connectivity index (χ2v) is 6.08. The van der Waals surface area contributed by atoms with Crippen LogP contribution in [-0.2, 0) is 4.74 Å². The van der Waals surface area contributed by atoms with Gasteiger partial charge in [0.2, 0.25) is 0 Å². The maximum absolute atomic E-state index is 5.30. The molecule has 90 valence electrons. The Morgan fingerprint density at radius 2 is 1.81 bits per heavy atom. The molecule has 0 radical (unpaired) electrons.